The summed E-state index contributed by atoms with van der Waals surface area (Å²) >= 11 is 0. The third kappa shape index (κ3) is 1.67. The number of nitrogens with zero attached hydrogens (tertiary/aromatic N) is 1. The predicted octanol–water partition coefficient (Wildman–Crippen LogP) is 1.56. The van der Waals surface area contributed by atoms with Crippen LogP contribution in [0.5, 0.6) is 0 Å². The van der Waals surface area contributed by atoms with Crippen LogP contribution in [0, 0.1) is 0 Å². The Bertz CT molecular complexity index is 197. The first-order valence-electron chi connectivity index (χ1n) is 2.87. The first-order valence-corrected chi connectivity index (χ1v) is 2.87. The summed E-state index contributed by atoms with van der Waals surface area (Å²) < 4.78 is 0. The molecule has 0 aliphatic heterocycles. The van der Waals surface area contributed by atoms with Crippen molar-refractivity contribution >= 4 is 6.08 Å². The fraction of sp³-hybridized carbons (Fsp3) is 0.286. The molecule has 46 valence electrons. The molecule has 0 heterocycles. The molecule has 0 saturated heterocycles. The third-order valence-corrected chi connectivity index (χ3v) is 1.18. The van der Waals surface area contributed by atoms with Crippen molar-refractivity contribution < 1.29 is 4.79 Å². The van der Waals surface area contributed by atoms with E-state index in [0.29, 0.717) is 0 Å². The lowest BCUT2D eigenvalue weighted by Gasteiger charge is -1.98. The Balaban J connectivity index is 2.68. The molecule has 0 aromatic heterocycles. The fourth-order valence-electron chi connectivity index (χ4n) is 0.742. The molecule has 0 saturated carbocycles. The summed E-state index contributed by atoms with van der Waals surface area (Å²) in [5, 5.41) is 0. The van der Waals surface area contributed by atoms with E-state index in [1.807, 2.05) is 18.2 Å². The lowest BCUT2D eigenvalue weighted by Crippen LogP contribution is -1.81. The summed E-state index contributed by atoms with van der Waals surface area (Å²) in [6.45, 7) is 0. The van der Waals surface area contributed by atoms with Crippen LogP contribution in [0.1, 0.15) is 12.8 Å². The van der Waals surface area contributed by atoms with E-state index in [9.17, 15) is 4.79 Å². The van der Waals surface area contributed by atoms with Crippen molar-refractivity contribution in [1.29, 1.82) is 0 Å². The molecule has 0 aromatic rings. The van der Waals surface area contributed by atoms with Crippen LogP contribution < -0.4 is 0 Å². The minimum absolute atomic E-state index is 0.826. The number of carbonyl (C=O) groups excluding carboxylic acids is 1. The number of rotatable bonds is 1. The molecule has 0 unspecified atom stereocenters. The lowest BCUT2D eigenvalue weighted by molar-refractivity contribution is 0.564. The van der Waals surface area contributed by atoms with Gasteiger partial charge in [-0.05, 0) is 18.9 Å². The third-order valence-electron chi connectivity index (χ3n) is 1.18. The van der Waals surface area contributed by atoms with Crippen molar-refractivity contribution in [1.82, 2.24) is 0 Å². The molecule has 0 spiro atoms. The Labute approximate surface area is 53.6 Å². The summed E-state index contributed by atoms with van der Waals surface area (Å²) in [6.07, 6.45) is 9.14. The van der Waals surface area contributed by atoms with Crippen LogP contribution in [0.3, 0.4) is 0 Å². The second kappa shape index (κ2) is 3.00. The van der Waals surface area contributed by atoms with Crippen LogP contribution in [0.25, 0.3) is 0 Å². The zero-order valence-electron chi connectivity index (χ0n) is 5.00. The Morgan fingerprint density at radius 2 is 2.56 bits per heavy atom. The molecule has 9 heavy (non-hydrogen) atoms. The molecule has 1 aliphatic carbocycles. The number of allylic oxidation sites excluding steroid dienone is 4. The first kappa shape index (κ1) is 5.99. The molecule has 0 fully saturated rings. The van der Waals surface area contributed by atoms with Gasteiger partial charge in [-0.1, -0.05) is 12.2 Å². The zero-order chi connectivity index (χ0) is 6.53. The Morgan fingerprint density at radius 1 is 1.67 bits per heavy atom. The highest BCUT2D eigenvalue weighted by atomic mass is 16.1. The maximum Gasteiger partial charge on any atom is 0.240 e. The monoisotopic (exact) mass is 121 g/mol. The van der Waals surface area contributed by atoms with E-state index in [1.54, 1.807) is 0 Å². The molecule has 2 nitrogen and oxygen atoms in total. The van der Waals surface area contributed by atoms with Gasteiger partial charge in [-0.15, -0.1) is 0 Å². The molecule has 0 radical (unpaired) electrons. The molecule has 0 aromatic carbocycles. The van der Waals surface area contributed by atoms with Gasteiger partial charge >= 0.3 is 0 Å². The molecular formula is C7H7NO. The molecule has 0 bridgehead atoms. The predicted molar refractivity (Wildman–Crippen MR) is 34.6 cm³/mol. The highest BCUT2D eigenvalue weighted by molar-refractivity contribution is 5.38. The molecular weight excluding hydrogens is 114 g/mol. The van der Waals surface area contributed by atoms with Crippen LogP contribution in [0.4, 0.5) is 0 Å². The quantitative estimate of drug-likeness (QED) is 0.382. The van der Waals surface area contributed by atoms with E-state index < -0.39 is 0 Å². The number of isocyanates is 1. The van der Waals surface area contributed by atoms with Gasteiger partial charge in [0.15, 0.2) is 0 Å². The van der Waals surface area contributed by atoms with Crippen molar-refractivity contribution in [2.24, 2.45) is 4.99 Å². The Morgan fingerprint density at radius 3 is 3.11 bits per heavy atom. The zero-order valence-corrected chi connectivity index (χ0v) is 5.00. The summed E-state index contributed by atoms with van der Waals surface area (Å²) in [6, 6.07) is 0. The van der Waals surface area contributed by atoms with Crippen molar-refractivity contribution in [3.8, 4) is 0 Å². The minimum atomic E-state index is 0.826. The average molecular weight is 121 g/mol. The van der Waals surface area contributed by atoms with Gasteiger partial charge in [-0.25, -0.2) is 4.79 Å². The smallest absolute Gasteiger partial charge is 0.211 e. The van der Waals surface area contributed by atoms with Crippen molar-refractivity contribution in [2.45, 2.75) is 12.8 Å². The van der Waals surface area contributed by atoms with Gasteiger partial charge in [0.1, 0.15) is 0 Å². The van der Waals surface area contributed by atoms with Crippen LogP contribution in [0.2, 0.25) is 0 Å². The van der Waals surface area contributed by atoms with E-state index >= 15 is 0 Å². The molecule has 0 atom stereocenters. The summed E-state index contributed by atoms with van der Waals surface area (Å²) in [4.78, 5) is 13.2. The second-order valence-corrected chi connectivity index (χ2v) is 1.83. The standard InChI is InChI=1S/C7H7NO/c9-6-8-7-4-2-1-3-5-7/h1-2,4H,3,5H2. The van der Waals surface area contributed by atoms with Gasteiger partial charge in [0.25, 0.3) is 0 Å². The summed E-state index contributed by atoms with van der Waals surface area (Å²) in [7, 11) is 0. The van der Waals surface area contributed by atoms with Gasteiger partial charge in [0.05, 0.1) is 5.70 Å². The molecule has 2 heteroatoms. The van der Waals surface area contributed by atoms with Crippen LogP contribution in [-0.2, 0) is 4.79 Å². The van der Waals surface area contributed by atoms with E-state index in [2.05, 4.69) is 4.99 Å². The van der Waals surface area contributed by atoms with E-state index in [4.69, 9.17) is 0 Å². The highest BCUT2D eigenvalue weighted by Gasteiger charge is 1.94. The van der Waals surface area contributed by atoms with Crippen molar-refractivity contribution in [3.05, 3.63) is 23.9 Å². The molecule has 0 amide bonds. The van der Waals surface area contributed by atoms with Crippen LogP contribution >= 0.6 is 0 Å². The first-order chi connectivity index (χ1) is 4.43. The Kier molecular flexibility index (Phi) is 2.00. The lowest BCUT2D eigenvalue weighted by atomic mass is 10.1. The number of aliphatic imine (C=N–C) groups is 1. The molecule has 1 aliphatic rings. The normalized spacial score (nSPS) is 16.2. The average Bonchev–Trinajstić information content (AvgIpc) is 1.91. The van der Waals surface area contributed by atoms with Gasteiger partial charge in [-0.3, -0.25) is 0 Å². The SMILES string of the molecule is O=C=NC1=CC=CCC1. The fourth-order valence-corrected chi connectivity index (χ4v) is 0.742. The van der Waals surface area contributed by atoms with E-state index in [-0.39, 0.29) is 0 Å². The molecule has 0 N–H and O–H groups in total. The maximum atomic E-state index is 9.72. The number of hydrogen-bond acceptors (Lipinski definition) is 2. The van der Waals surface area contributed by atoms with Crippen molar-refractivity contribution in [3.63, 3.8) is 0 Å². The van der Waals surface area contributed by atoms with E-state index in [0.717, 1.165) is 18.5 Å². The van der Waals surface area contributed by atoms with Crippen LogP contribution in [0.15, 0.2) is 28.9 Å². The van der Waals surface area contributed by atoms with Gasteiger partial charge in [0.2, 0.25) is 6.08 Å². The second-order valence-electron chi connectivity index (χ2n) is 1.83. The van der Waals surface area contributed by atoms with E-state index in [1.165, 1.54) is 6.08 Å². The van der Waals surface area contributed by atoms with Gasteiger partial charge in [0, 0.05) is 0 Å². The summed E-state index contributed by atoms with van der Waals surface area (Å²) in [5.74, 6) is 0. The van der Waals surface area contributed by atoms with Crippen molar-refractivity contribution in [2.75, 3.05) is 0 Å². The number of hydrogen-bond donors (Lipinski definition) is 0. The van der Waals surface area contributed by atoms with Gasteiger partial charge in [-0.2, -0.15) is 4.99 Å². The maximum absolute atomic E-state index is 9.72. The summed E-state index contributed by atoms with van der Waals surface area (Å²) in [5.41, 5.74) is 0.826. The minimum Gasteiger partial charge on any atom is -0.211 e. The highest BCUT2D eigenvalue weighted by Crippen LogP contribution is 2.11. The molecule has 1 rings (SSSR count). The Hall–Kier alpha value is -1.14. The topological polar surface area (TPSA) is 29.4 Å². The largest absolute Gasteiger partial charge is 0.240 e. The van der Waals surface area contributed by atoms with Crippen LogP contribution in [-0.4, -0.2) is 6.08 Å². The van der Waals surface area contributed by atoms with Gasteiger partial charge < -0.3 is 0 Å².